The second-order valence-corrected chi connectivity index (χ2v) is 4.41. The number of aliphatic carboxylic acids is 1. The lowest BCUT2D eigenvalue weighted by atomic mass is 10.2. The van der Waals surface area contributed by atoms with E-state index in [1.54, 1.807) is 12.1 Å². The highest BCUT2D eigenvalue weighted by atomic mass is 19.1. The first-order valence-electron chi connectivity index (χ1n) is 5.70. The fourth-order valence-electron chi connectivity index (χ4n) is 2.09. The third-order valence-electron chi connectivity index (χ3n) is 2.74. The van der Waals surface area contributed by atoms with E-state index in [2.05, 4.69) is 0 Å². The molecule has 0 radical (unpaired) electrons. The van der Waals surface area contributed by atoms with Crippen LogP contribution in [-0.4, -0.2) is 15.6 Å². The minimum atomic E-state index is -0.998. The number of nitrogens with zero attached hydrogens (tertiary/aromatic N) is 1. The summed E-state index contributed by atoms with van der Waals surface area (Å²) in [4.78, 5) is 10.6. The van der Waals surface area contributed by atoms with Gasteiger partial charge in [0.15, 0.2) is 0 Å². The minimum Gasteiger partial charge on any atom is -0.478 e. The smallest absolute Gasteiger partial charge is 0.328 e. The van der Waals surface area contributed by atoms with Crippen LogP contribution >= 0.6 is 0 Å². The molecule has 0 aliphatic heterocycles. The summed E-state index contributed by atoms with van der Waals surface area (Å²) in [5, 5.41) is 9.44. The normalized spacial score (nSPS) is 11.8. The summed E-state index contributed by atoms with van der Waals surface area (Å²) in [5.41, 5.74) is 1.66. The van der Waals surface area contributed by atoms with Gasteiger partial charge in [0.2, 0.25) is 0 Å². The molecule has 3 nitrogen and oxygen atoms in total. The predicted molar refractivity (Wildman–Crippen MR) is 69.0 cm³/mol. The van der Waals surface area contributed by atoms with Crippen molar-refractivity contribution in [3.63, 3.8) is 0 Å². The number of hydrogen-bond acceptors (Lipinski definition) is 1. The highest BCUT2D eigenvalue weighted by molar-refractivity contribution is 5.88. The molecule has 2 aromatic rings. The highest BCUT2D eigenvalue weighted by Gasteiger charge is 2.10. The first-order chi connectivity index (χ1) is 8.49. The molecule has 0 bridgehead atoms. The number of benzene rings is 1. The summed E-state index contributed by atoms with van der Waals surface area (Å²) in [6.07, 6.45) is 2.61. The van der Waals surface area contributed by atoms with Gasteiger partial charge in [-0.1, -0.05) is 0 Å². The van der Waals surface area contributed by atoms with E-state index in [0.717, 1.165) is 22.7 Å². The topological polar surface area (TPSA) is 42.2 Å². The summed E-state index contributed by atoms with van der Waals surface area (Å²) in [6, 6.07) is 6.53. The Labute approximate surface area is 104 Å². The van der Waals surface area contributed by atoms with Gasteiger partial charge < -0.3 is 9.67 Å². The van der Waals surface area contributed by atoms with Gasteiger partial charge >= 0.3 is 5.97 Å². The van der Waals surface area contributed by atoms with Crippen molar-refractivity contribution in [3.8, 4) is 0 Å². The number of aromatic nitrogens is 1. The molecular weight excluding hydrogens is 233 g/mol. The number of rotatable bonds is 3. The highest BCUT2D eigenvalue weighted by Crippen LogP contribution is 2.25. The molecule has 4 heteroatoms. The maximum atomic E-state index is 13.2. The van der Waals surface area contributed by atoms with Crippen LogP contribution in [0.1, 0.15) is 25.6 Å². The Morgan fingerprint density at radius 1 is 1.39 bits per heavy atom. The van der Waals surface area contributed by atoms with Crippen LogP contribution < -0.4 is 0 Å². The molecule has 0 amide bonds. The number of hydrogen-bond donors (Lipinski definition) is 1. The summed E-state index contributed by atoms with van der Waals surface area (Å²) in [7, 11) is 0. The molecule has 94 valence electrons. The lowest BCUT2D eigenvalue weighted by molar-refractivity contribution is -0.131. The monoisotopic (exact) mass is 247 g/mol. The van der Waals surface area contributed by atoms with E-state index in [9.17, 15) is 9.18 Å². The Morgan fingerprint density at radius 3 is 2.72 bits per heavy atom. The van der Waals surface area contributed by atoms with Crippen LogP contribution in [-0.2, 0) is 4.79 Å². The largest absolute Gasteiger partial charge is 0.478 e. The van der Waals surface area contributed by atoms with Crippen LogP contribution in [0.25, 0.3) is 17.0 Å². The second-order valence-electron chi connectivity index (χ2n) is 4.41. The van der Waals surface area contributed by atoms with E-state index in [4.69, 9.17) is 5.11 Å². The molecule has 1 aromatic carbocycles. The zero-order valence-corrected chi connectivity index (χ0v) is 10.2. The van der Waals surface area contributed by atoms with Crippen molar-refractivity contribution < 1.29 is 14.3 Å². The molecule has 0 atom stereocenters. The molecule has 0 fully saturated rings. The van der Waals surface area contributed by atoms with Crippen LogP contribution in [0, 0.1) is 5.82 Å². The van der Waals surface area contributed by atoms with Gasteiger partial charge in [-0.3, -0.25) is 0 Å². The van der Waals surface area contributed by atoms with Crippen molar-refractivity contribution in [1.29, 1.82) is 0 Å². The number of carboxylic acid groups (broad SMARTS) is 1. The first kappa shape index (κ1) is 12.4. The number of carbonyl (C=O) groups is 1. The molecule has 0 spiro atoms. The van der Waals surface area contributed by atoms with Crippen molar-refractivity contribution >= 4 is 22.9 Å². The molecule has 1 heterocycles. The average molecular weight is 247 g/mol. The molecule has 0 saturated carbocycles. The Hall–Kier alpha value is -2.10. The summed E-state index contributed by atoms with van der Waals surface area (Å²) in [5.74, 6) is -1.29. The zero-order valence-electron chi connectivity index (χ0n) is 10.2. The van der Waals surface area contributed by atoms with Gasteiger partial charge in [-0.2, -0.15) is 0 Å². The Balaban J connectivity index is 2.64. The molecule has 0 unspecified atom stereocenters. The van der Waals surface area contributed by atoms with E-state index in [0.29, 0.717) is 0 Å². The second kappa shape index (κ2) is 4.64. The van der Waals surface area contributed by atoms with Crippen LogP contribution in [0.2, 0.25) is 0 Å². The van der Waals surface area contributed by atoms with Gasteiger partial charge in [0.05, 0.1) is 0 Å². The van der Waals surface area contributed by atoms with Crippen LogP contribution in [0.15, 0.2) is 30.3 Å². The lowest BCUT2D eigenvalue weighted by Crippen LogP contribution is -2.02. The number of halogens is 1. The van der Waals surface area contributed by atoms with Gasteiger partial charge in [-0.25, -0.2) is 9.18 Å². The van der Waals surface area contributed by atoms with Crippen molar-refractivity contribution in [2.24, 2.45) is 0 Å². The van der Waals surface area contributed by atoms with Crippen LogP contribution in [0.4, 0.5) is 4.39 Å². The minimum absolute atomic E-state index is 0.168. The zero-order chi connectivity index (χ0) is 13.3. The van der Waals surface area contributed by atoms with E-state index in [-0.39, 0.29) is 11.9 Å². The Bertz CT molecular complexity index is 626. The van der Waals surface area contributed by atoms with Gasteiger partial charge in [-0.05, 0) is 44.2 Å². The predicted octanol–water partition coefficient (Wildman–Crippen LogP) is 3.46. The van der Waals surface area contributed by atoms with Crippen molar-refractivity contribution in [2.45, 2.75) is 19.9 Å². The van der Waals surface area contributed by atoms with Crippen molar-refractivity contribution in [2.75, 3.05) is 0 Å². The van der Waals surface area contributed by atoms with Crippen molar-refractivity contribution in [3.05, 3.63) is 41.9 Å². The van der Waals surface area contributed by atoms with Gasteiger partial charge in [0.1, 0.15) is 5.82 Å². The standard InChI is InChI=1S/C14H14FNO2/c1-9(2)16-12(4-6-14(17)18)8-10-7-11(15)3-5-13(10)16/h3-9H,1-2H3,(H,17,18)/b6-4+. The number of fused-ring (bicyclic) bond motifs is 1. The molecule has 2 rings (SSSR count). The quantitative estimate of drug-likeness (QED) is 0.844. The molecule has 1 N–H and O–H groups in total. The van der Waals surface area contributed by atoms with E-state index in [1.807, 2.05) is 18.4 Å². The van der Waals surface area contributed by atoms with Gasteiger partial charge in [0.25, 0.3) is 0 Å². The average Bonchev–Trinajstić information content (AvgIpc) is 2.63. The maximum Gasteiger partial charge on any atom is 0.328 e. The summed E-state index contributed by atoms with van der Waals surface area (Å²) < 4.78 is 15.2. The van der Waals surface area contributed by atoms with Crippen LogP contribution in [0.5, 0.6) is 0 Å². The molecular formula is C14H14FNO2. The summed E-state index contributed by atoms with van der Waals surface area (Å²) in [6.45, 7) is 4.00. The molecule has 0 saturated heterocycles. The molecule has 18 heavy (non-hydrogen) atoms. The Morgan fingerprint density at radius 2 is 2.11 bits per heavy atom. The summed E-state index contributed by atoms with van der Waals surface area (Å²) >= 11 is 0. The fraction of sp³-hybridized carbons (Fsp3) is 0.214. The van der Waals surface area contributed by atoms with E-state index in [1.165, 1.54) is 18.2 Å². The van der Waals surface area contributed by atoms with Crippen molar-refractivity contribution in [1.82, 2.24) is 4.57 Å². The third-order valence-corrected chi connectivity index (χ3v) is 2.74. The van der Waals surface area contributed by atoms with Crippen LogP contribution in [0.3, 0.4) is 0 Å². The van der Waals surface area contributed by atoms with Gasteiger partial charge in [-0.15, -0.1) is 0 Å². The SMILES string of the molecule is CC(C)n1c(/C=C/C(=O)O)cc2cc(F)ccc21. The van der Waals surface area contributed by atoms with E-state index >= 15 is 0 Å². The molecule has 1 aromatic heterocycles. The first-order valence-corrected chi connectivity index (χ1v) is 5.70. The van der Waals surface area contributed by atoms with Gasteiger partial charge in [0, 0.05) is 28.7 Å². The Kier molecular flexibility index (Phi) is 3.19. The molecule has 0 aliphatic rings. The maximum absolute atomic E-state index is 13.2. The van der Waals surface area contributed by atoms with E-state index < -0.39 is 5.97 Å². The third kappa shape index (κ3) is 2.27. The fourth-order valence-corrected chi connectivity index (χ4v) is 2.09. The molecule has 0 aliphatic carbocycles. The lowest BCUT2D eigenvalue weighted by Gasteiger charge is -2.12. The number of carboxylic acids is 1.